The number of benzene rings is 2. The van der Waals surface area contributed by atoms with Crippen LogP contribution in [-0.2, 0) is 16.0 Å². The molecule has 2 aromatic rings. The molecule has 28 heavy (non-hydrogen) atoms. The molecule has 0 aromatic heterocycles. The summed E-state index contributed by atoms with van der Waals surface area (Å²) in [4.78, 5) is 35.8. The maximum absolute atomic E-state index is 12.1. The Balaban J connectivity index is 1.83. The molecule has 0 saturated heterocycles. The molecule has 148 valence electrons. The van der Waals surface area contributed by atoms with Gasteiger partial charge in [0.15, 0.2) is 18.1 Å². The smallest absolute Gasteiger partial charge is 0.338 e. The van der Waals surface area contributed by atoms with E-state index in [1.165, 1.54) is 26.4 Å². The van der Waals surface area contributed by atoms with Crippen LogP contribution in [0.3, 0.4) is 0 Å². The van der Waals surface area contributed by atoms with Gasteiger partial charge in [0.25, 0.3) is 11.8 Å². The first kappa shape index (κ1) is 20.8. The highest BCUT2D eigenvalue weighted by molar-refractivity contribution is 5.96. The van der Waals surface area contributed by atoms with Gasteiger partial charge in [-0.05, 0) is 42.3 Å². The van der Waals surface area contributed by atoms with E-state index in [1.54, 1.807) is 18.2 Å². The van der Waals surface area contributed by atoms with Crippen molar-refractivity contribution in [3.8, 4) is 11.5 Å². The highest BCUT2D eigenvalue weighted by atomic mass is 16.5. The molecule has 0 spiro atoms. The Morgan fingerprint density at radius 1 is 0.857 bits per heavy atom. The molecule has 2 N–H and O–H groups in total. The molecule has 2 amide bonds. The normalized spacial score (nSPS) is 9.96. The van der Waals surface area contributed by atoms with Crippen molar-refractivity contribution in [1.82, 2.24) is 10.9 Å². The van der Waals surface area contributed by atoms with Crippen LogP contribution >= 0.6 is 0 Å². The van der Waals surface area contributed by atoms with Crippen LogP contribution in [0.2, 0.25) is 0 Å². The predicted octanol–water partition coefficient (Wildman–Crippen LogP) is 1.88. The van der Waals surface area contributed by atoms with Gasteiger partial charge < -0.3 is 14.2 Å². The van der Waals surface area contributed by atoms with Crippen molar-refractivity contribution in [2.24, 2.45) is 0 Å². The van der Waals surface area contributed by atoms with Gasteiger partial charge in [-0.15, -0.1) is 0 Å². The first-order valence-electron chi connectivity index (χ1n) is 8.55. The van der Waals surface area contributed by atoms with E-state index >= 15 is 0 Å². The van der Waals surface area contributed by atoms with Crippen LogP contribution in [0.4, 0.5) is 0 Å². The monoisotopic (exact) mass is 386 g/mol. The van der Waals surface area contributed by atoms with Gasteiger partial charge in [0, 0.05) is 5.56 Å². The van der Waals surface area contributed by atoms with E-state index in [4.69, 9.17) is 14.2 Å². The van der Waals surface area contributed by atoms with Crippen LogP contribution in [0.15, 0.2) is 42.5 Å². The number of rotatable bonds is 7. The summed E-state index contributed by atoms with van der Waals surface area (Å²) in [5, 5.41) is 0. The van der Waals surface area contributed by atoms with Crippen LogP contribution in [0, 0.1) is 0 Å². The van der Waals surface area contributed by atoms with E-state index in [9.17, 15) is 14.4 Å². The van der Waals surface area contributed by atoms with Crippen molar-refractivity contribution >= 4 is 17.8 Å². The van der Waals surface area contributed by atoms with Crippen molar-refractivity contribution in [3.05, 3.63) is 59.2 Å². The molecule has 0 aliphatic heterocycles. The number of nitrogens with one attached hydrogen (secondary N) is 2. The fraction of sp³-hybridized carbons (Fsp3) is 0.250. The Morgan fingerprint density at radius 2 is 1.50 bits per heavy atom. The van der Waals surface area contributed by atoms with Crippen LogP contribution in [0.25, 0.3) is 0 Å². The molecule has 0 radical (unpaired) electrons. The summed E-state index contributed by atoms with van der Waals surface area (Å²) in [6.45, 7) is 1.48. The molecule has 8 heteroatoms. The molecule has 0 unspecified atom stereocenters. The number of amides is 2. The Hall–Kier alpha value is -3.55. The SMILES string of the molecule is CCc1ccc(C(=O)OCC(=O)NNC(=O)c2ccc(OC)c(OC)c2)cc1. The zero-order valence-corrected chi connectivity index (χ0v) is 15.9. The second-order valence-corrected chi connectivity index (χ2v) is 5.70. The van der Waals surface area contributed by atoms with E-state index in [1.807, 2.05) is 19.1 Å². The summed E-state index contributed by atoms with van der Waals surface area (Å²) in [6.07, 6.45) is 0.859. The predicted molar refractivity (Wildman–Crippen MR) is 101 cm³/mol. The van der Waals surface area contributed by atoms with E-state index in [-0.39, 0.29) is 5.56 Å². The van der Waals surface area contributed by atoms with E-state index in [2.05, 4.69) is 10.9 Å². The molecule has 0 fully saturated rings. The van der Waals surface area contributed by atoms with Crippen molar-refractivity contribution in [1.29, 1.82) is 0 Å². The van der Waals surface area contributed by atoms with Crippen LogP contribution in [-0.4, -0.2) is 38.6 Å². The van der Waals surface area contributed by atoms with Crippen LogP contribution in [0.5, 0.6) is 11.5 Å². The molecule has 0 aliphatic rings. The number of hydrogen-bond acceptors (Lipinski definition) is 6. The molecule has 0 heterocycles. The average molecular weight is 386 g/mol. The molecule has 0 bridgehead atoms. The van der Waals surface area contributed by atoms with Gasteiger partial charge in [0.1, 0.15) is 0 Å². The second kappa shape index (κ2) is 9.96. The van der Waals surface area contributed by atoms with Gasteiger partial charge in [0.2, 0.25) is 0 Å². The van der Waals surface area contributed by atoms with Gasteiger partial charge in [-0.25, -0.2) is 4.79 Å². The minimum Gasteiger partial charge on any atom is -0.493 e. The van der Waals surface area contributed by atoms with Gasteiger partial charge in [0.05, 0.1) is 19.8 Å². The molecular formula is C20H22N2O6. The maximum atomic E-state index is 12.1. The first-order chi connectivity index (χ1) is 13.5. The lowest BCUT2D eigenvalue weighted by atomic mass is 10.1. The second-order valence-electron chi connectivity index (χ2n) is 5.70. The first-order valence-corrected chi connectivity index (χ1v) is 8.55. The van der Waals surface area contributed by atoms with Crippen molar-refractivity contribution in [2.45, 2.75) is 13.3 Å². The van der Waals surface area contributed by atoms with Crippen molar-refractivity contribution in [3.63, 3.8) is 0 Å². The Labute approximate surface area is 162 Å². The van der Waals surface area contributed by atoms with Gasteiger partial charge in [-0.2, -0.15) is 0 Å². The van der Waals surface area contributed by atoms with Crippen LogP contribution in [0.1, 0.15) is 33.2 Å². The Kier molecular flexibility index (Phi) is 7.38. The largest absolute Gasteiger partial charge is 0.493 e. The maximum Gasteiger partial charge on any atom is 0.338 e. The highest BCUT2D eigenvalue weighted by Crippen LogP contribution is 2.27. The Morgan fingerprint density at radius 3 is 2.11 bits per heavy atom. The number of carbonyl (C=O) groups is 3. The van der Waals surface area contributed by atoms with Gasteiger partial charge in [-0.1, -0.05) is 19.1 Å². The molecule has 8 nitrogen and oxygen atoms in total. The third-order valence-corrected chi connectivity index (χ3v) is 3.89. The number of carbonyl (C=O) groups excluding carboxylic acids is 3. The van der Waals surface area contributed by atoms with Gasteiger partial charge >= 0.3 is 5.97 Å². The quantitative estimate of drug-likeness (QED) is 0.556. The Bertz CT molecular complexity index is 848. The van der Waals surface area contributed by atoms with E-state index in [0.29, 0.717) is 17.1 Å². The number of hydrazine groups is 1. The van der Waals surface area contributed by atoms with Gasteiger partial charge in [-0.3, -0.25) is 20.4 Å². The minimum atomic E-state index is -0.674. The van der Waals surface area contributed by atoms with Crippen molar-refractivity contribution < 1.29 is 28.6 Å². The summed E-state index contributed by atoms with van der Waals surface area (Å²) in [5.41, 5.74) is 6.12. The van der Waals surface area contributed by atoms with E-state index < -0.39 is 24.4 Å². The zero-order chi connectivity index (χ0) is 20.5. The molecule has 0 atom stereocenters. The molecule has 0 aliphatic carbocycles. The fourth-order valence-electron chi connectivity index (χ4n) is 2.30. The minimum absolute atomic E-state index is 0.256. The average Bonchev–Trinajstić information content (AvgIpc) is 2.75. The number of ether oxygens (including phenoxy) is 3. The lowest BCUT2D eigenvalue weighted by Crippen LogP contribution is -2.43. The summed E-state index contributed by atoms with van der Waals surface area (Å²) in [6, 6.07) is 11.5. The number of esters is 1. The summed E-state index contributed by atoms with van der Waals surface area (Å²) >= 11 is 0. The fourth-order valence-corrected chi connectivity index (χ4v) is 2.30. The lowest BCUT2D eigenvalue weighted by Gasteiger charge is -2.11. The molecule has 2 aromatic carbocycles. The van der Waals surface area contributed by atoms with Crippen molar-refractivity contribution in [2.75, 3.05) is 20.8 Å². The summed E-state index contributed by atoms with van der Waals surface area (Å²) in [5.74, 6) is -1.00. The van der Waals surface area contributed by atoms with E-state index in [0.717, 1.165) is 12.0 Å². The molecular weight excluding hydrogens is 364 g/mol. The summed E-state index contributed by atoms with van der Waals surface area (Å²) in [7, 11) is 2.93. The number of hydrogen-bond donors (Lipinski definition) is 2. The number of methoxy groups -OCH3 is 2. The number of aryl methyl sites for hydroxylation is 1. The molecule has 0 saturated carbocycles. The highest BCUT2D eigenvalue weighted by Gasteiger charge is 2.13. The zero-order valence-electron chi connectivity index (χ0n) is 15.9. The third kappa shape index (κ3) is 5.47. The summed E-state index contributed by atoms with van der Waals surface area (Å²) < 4.78 is 15.2. The topological polar surface area (TPSA) is 103 Å². The lowest BCUT2D eigenvalue weighted by molar-refractivity contribution is -0.125. The van der Waals surface area contributed by atoms with Crippen LogP contribution < -0.4 is 20.3 Å². The third-order valence-electron chi connectivity index (χ3n) is 3.89. The molecule has 2 rings (SSSR count). The standard InChI is InChI=1S/C20H22N2O6/c1-4-13-5-7-14(8-6-13)20(25)28-12-18(23)21-22-19(24)15-9-10-16(26-2)17(11-15)27-3/h5-11H,4,12H2,1-3H3,(H,21,23)(H,22,24).